The predicted molar refractivity (Wildman–Crippen MR) is 80.9 cm³/mol. The van der Waals surface area contributed by atoms with Gasteiger partial charge in [-0.15, -0.1) is 0 Å². The van der Waals surface area contributed by atoms with Crippen molar-refractivity contribution in [1.29, 1.82) is 0 Å². The number of methoxy groups -OCH3 is 1. The number of aliphatic hydroxyl groups is 1. The third kappa shape index (κ3) is 4.11. The van der Waals surface area contributed by atoms with Crippen LogP contribution in [0.5, 0.6) is 5.75 Å². The molecule has 2 rings (SSSR count). The summed E-state index contributed by atoms with van der Waals surface area (Å²) < 4.78 is 19.0. The molecule has 0 aliphatic carbocycles. The van der Waals surface area contributed by atoms with Crippen molar-refractivity contribution in [2.75, 3.05) is 38.2 Å². The molecule has 0 amide bonds. The van der Waals surface area contributed by atoms with E-state index in [1.807, 2.05) is 11.8 Å². The van der Waals surface area contributed by atoms with Crippen molar-refractivity contribution in [3.05, 3.63) is 29.6 Å². The number of rotatable bonds is 5. The van der Waals surface area contributed by atoms with E-state index >= 15 is 0 Å². The van der Waals surface area contributed by atoms with Crippen molar-refractivity contribution in [3.8, 4) is 5.75 Å². The second-order valence-corrected chi connectivity index (χ2v) is 6.19. The zero-order chi connectivity index (χ0) is 14.4. The van der Waals surface area contributed by atoms with E-state index in [-0.39, 0.29) is 5.56 Å². The first kappa shape index (κ1) is 15.6. The van der Waals surface area contributed by atoms with E-state index in [0.717, 1.165) is 25.4 Å². The van der Waals surface area contributed by atoms with Gasteiger partial charge in [0.1, 0.15) is 11.6 Å². The lowest BCUT2D eigenvalue weighted by atomic mass is 10.0. The van der Waals surface area contributed by atoms with Gasteiger partial charge in [-0.1, -0.05) is 6.07 Å². The van der Waals surface area contributed by atoms with Gasteiger partial charge in [-0.25, -0.2) is 4.39 Å². The fourth-order valence-corrected chi connectivity index (χ4v) is 3.41. The van der Waals surface area contributed by atoms with Crippen LogP contribution in [0.4, 0.5) is 4.39 Å². The highest BCUT2D eigenvalue weighted by Gasteiger charge is 2.19. The van der Waals surface area contributed by atoms with Gasteiger partial charge in [0, 0.05) is 18.8 Å². The molecule has 0 saturated carbocycles. The third-order valence-electron chi connectivity index (χ3n) is 3.60. The highest BCUT2D eigenvalue weighted by atomic mass is 32.2. The molecule has 0 aromatic heterocycles. The zero-order valence-corrected chi connectivity index (χ0v) is 12.7. The molecule has 1 N–H and O–H groups in total. The van der Waals surface area contributed by atoms with Crippen LogP contribution in [-0.2, 0) is 0 Å². The van der Waals surface area contributed by atoms with Crippen LogP contribution in [0.15, 0.2) is 18.2 Å². The lowest BCUT2D eigenvalue weighted by Crippen LogP contribution is -2.28. The molecule has 1 saturated heterocycles. The van der Waals surface area contributed by atoms with Crippen LogP contribution >= 0.6 is 11.8 Å². The Morgan fingerprint density at radius 2 is 2.25 bits per heavy atom. The highest BCUT2D eigenvalue weighted by Crippen LogP contribution is 2.30. The predicted octanol–water partition coefficient (Wildman–Crippen LogP) is 2.70. The van der Waals surface area contributed by atoms with Gasteiger partial charge in [-0.2, -0.15) is 11.8 Å². The molecular weight excluding hydrogens is 277 g/mol. The number of hydrogen-bond acceptors (Lipinski definition) is 4. The molecule has 0 bridgehead atoms. The molecule has 1 aromatic rings. The van der Waals surface area contributed by atoms with Crippen LogP contribution in [0.25, 0.3) is 0 Å². The van der Waals surface area contributed by atoms with Gasteiger partial charge in [-0.3, -0.25) is 0 Å². The number of benzene rings is 1. The number of aliphatic hydroxyl groups excluding tert-OH is 1. The van der Waals surface area contributed by atoms with E-state index in [2.05, 4.69) is 4.90 Å². The van der Waals surface area contributed by atoms with Gasteiger partial charge in [0.05, 0.1) is 18.8 Å². The number of hydrogen-bond donors (Lipinski definition) is 1. The summed E-state index contributed by atoms with van der Waals surface area (Å²) in [6, 6.07) is 4.64. The van der Waals surface area contributed by atoms with Crippen molar-refractivity contribution in [1.82, 2.24) is 4.90 Å². The largest absolute Gasteiger partial charge is 0.496 e. The van der Waals surface area contributed by atoms with Gasteiger partial charge < -0.3 is 14.7 Å². The molecule has 0 spiro atoms. The highest BCUT2D eigenvalue weighted by molar-refractivity contribution is 7.99. The lowest BCUT2D eigenvalue weighted by molar-refractivity contribution is 0.137. The van der Waals surface area contributed by atoms with E-state index in [0.29, 0.717) is 12.2 Å². The molecule has 1 heterocycles. The van der Waals surface area contributed by atoms with E-state index in [1.54, 1.807) is 12.1 Å². The first-order chi connectivity index (χ1) is 9.72. The lowest BCUT2D eigenvalue weighted by Gasteiger charge is -2.22. The van der Waals surface area contributed by atoms with Crippen LogP contribution in [-0.4, -0.2) is 48.3 Å². The molecule has 112 valence electrons. The van der Waals surface area contributed by atoms with E-state index < -0.39 is 11.9 Å². The van der Waals surface area contributed by atoms with Crippen LogP contribution in [0.3, 0.4) is 0 Å². The summed E-state index contributed by atoms with van der Waals surface area (Å²) in [5.41, 5.74) is 0.277. The molecule has 1 fully saturated rings. The summed E-state index contributed by atoms with van der Waals surface area (Å²) in [7, 11) is 1.50. The smallest absolute Gasteiger partial charge is 0.132 e. The van der Waals surface area contributed by atoms with Gasteiger partial charge in [-0.05, 0) is 37.3 Å². The van der Waals surface area contributed by atoms with Gasteiger partial charge in [0.25, 0.3) is 0 Å². The summed E-state index contributed by atoms with van der Waals surface area (Å²) in [4.78, 5) is 2.34. The Morgan fingerprint density at radius 3 is 3.05 bits per heavy atom. The summed E-state index contributed by atoms with van der Waals surface area (Å²) in [5.74, 6) is 2.37. The van der Waals surface area contributed by atoms with Crippen molar-refractivity contribution in [3.63, 3.8) is 0 Å². The Labute approximate surface area is 124 Å². The number of ether oxygens (including phenoxy) is 1. The molecule has 5 heteroatoms. The number of halogens is 1. The SMILES string of the molecule is COc1cccc(F)c1C(O)CCN1CCCSCC1. The van der Waals surface area contributed by atoms with Crippen LogP contribution in [0.1, 0.15) is 24.5 Å². The molecule has 1 atom stereocenters. The van der Waals surface area contributed by atoms with Crippen molar-refractivity contribution >= 4 is 11.8 Å². The second kappa shape index (κ2) is 7.86. The van der Waals surface area contributed by atoms with Crippen molar-refractivity contribution < 1.29 is 14.2 Å². The van der Waals surface area contributed by atoms with Crippen LogP contribution < -0.4 is 4.74 Å². The normalized spacial score (nSPS) is 18.6. The van der Waals surface area contributed by atoms with E-state index in [4.69, 9.17) is 4.74 Å². The van der Waals surface area contributed by atoms with E-state index in [9.17, 15) is 9.50 Å². The quantitative estimate of drug-likeness (QED) is 0.906. The first-order valence-corrected chi connectivity index (χ1v) is 8.18. The Balaban J connectivity index is 1.95. The minimum Gasteiger partial charge on any atom is -0.496 e. The second-order valence-electron chi connectivity index (χ2n) is 4.97. The first-order valence-electron chi connectivity index (χ1n) is 7.03. The Kier molecular flexibility index (Phi) is 6.13. The fraction of sp³-hybridized carbons (Fsp3) is 0.600. The van der Waals surface area contributed by atoms with Gasteiger partial charge >= 0.3 is 0 Å². The fourth-order valence-electron chi connectivity index (χ4n) is 2.49. The molecular formula is C15H22FNO2S. The van der Waals surface area contributed by atoms with Gasteiger partial charge in [0.15, 0.2) is 0 Å². The molecule has 1 aromatic carbocycles. The van der Waals surface area contributed by atoms with Gasteiger partial charge in [0.2, 0.25) is 0 Å². The maximum absolute atomic E-state index is 13.9. The van der Waals surface area contributed by atoms with Crippen molar-refractivity contribution in [2.24, 2.45) is 0 Å². The number of nitrogens with zero attached hydrogens (tertiary/aromatic N) is 1. The van der Waals surface area contributed by atoms with E-state index in [1.165, 1.54) is 25.3 Å². The molecule has 0 radical (unpaired) electrons. The average Bonchev–Trinajstić information content (AvgIpc) is 2.73. The average molecular weight is 299 g/mol. The molecule has 1 unspecified atom stereocenters. The topological polar surface area (TPSA) is 32.7 Å². The molecule has 1 aliphatic rings. The molecule has 3 nitrogen and oxygen atoms in total. The molecule has 1 aliphatic heterocycles. The van der Waals surface area contributed by atoms with Crippen molar-refractivity contribution in [2.45, 2.75) is 18.9 Å². The maximum Gasteiger partial charge on any atom is 0.132 e. The van der Waals surface area contributed by atoms with Crippen LogP contribution in [0, 0.1) is 5.82 Å². The summed E-state index contributed by atoms with van der Waals surface area (Å²) in [6.07, 6.45) is 0.896. The summed E-state index contributed by atoms with van der Waals surface area (Å²) in [5, 5.41) is 10.3. The number of thioether (sulfide) groups is 1. The summed E-state index contributed by atoms with van der Waals surface area (Å²) >= 11 is 1.97. The Bertz CT molecular complexity index is 422. The maximum atomic E-state index is 13.9. The zero-order valence-electron chi connectivity index (χ0n) is 11.8. The monoisotopic (exact) mass is 299 g/mol. The Morgan fingerprint density at radius 1 is 1.40 bits per heavy atom. The molecule has 20 heavy (non-hydrogen) atoms. The standard InChI is InChI=1S/C15H22FNO2S/c1-19-14-5-2-4-12(16)15(14)13(18)6-8-17-7-3-10-20-11-9-17/h2,4-5,13,18H,3,6-11H2,1H3. The Hall–Kier alpha value is -0.780. The minimum atomic E-state index is -0.818. The summed E-state index contributed by atoms with van der Waals surface area (Å²) in [6.45, 7) is 2.90. The third-order valence-corrected chi connectivity index (χ3v) is 4.65. The minimum absolute atomic E-state index is 0.277. The van der Waals surface area contributed by atoms with Crippen LogP contribution in [0.2, 0.25) is 0 Å².